The molecule has 6 heteroatoms. The van der Waals surface area contributed by atoms with Crippen molar-refractivity contribution < 1.29 is 23.7 Å². The molecule has 0 N–H and O–H groups in total. The molecular formula is C17H21NO5. The zero-order chi connectivity index (χ0) is 15.7. The van der Waals surface area contributed by atoms with Crippen LogP contribution in [0.25, 0.3) is 0 Å². The lowest BCUT2D eigenvalue weighted by atomic mass is 10.0. The molecule has 0 radical (unpaired) electrons. The Bertz CT molecular complexity index is 574. The molecule has 1 spiro atoms. The van der Waals surface area contributed by atoms with E-state index >= 15 is 0 Å². The first-order valence-corrected chi connectivity index (χ1v) is 8.21. The predicted octanol–water partition coefficient (Wildman–Crippen LogP) is 1.58. The zero-order valence-electron chi connectivity index (χ0n) is 13.0. The molecule has 0 bridgehead atoms. The van der Waals surface area contributed by atoms with E-state index in [-0.39, 0.29) is 12.5 Å². The molecule has 2 saturated heterocycles. The number of hydrogen-bond acceptors (Lipinski definition) is 5. The lowest BCUT2D eigenvalue weighted by molar-refractivity contribution is -0.283. The van der Waals surface area contributed by atoms with Crippen LogP contribution in [0.1, 0.15) is 19.3 Å². The van der Waals surface area contributed by atoms with E-state index in [4.69, 9.17) is 18.9 Å². The minimum absolute atomic E-state index is 0.0230. The Morgan fingerprint density at radius 2 is 1.78 bits per heavy atom. The largest absolute Gasteiger partial charge is 0.485 e. The van der Waals surface area contributed by atoms with E-state index in [0.29, 0.717) is 37.4 Å². The summed E-state index contributed by atoms with van der Waals surface area (Å²) in [6, 6.07) is 7.43. The van der Waals surface area contributed by atoms with Gasteiger partial charge in [-0.1, -0.05) is 12.1 Å². The van der Waals surface area contributed by atoms with Gasteiger partial charge in [-0.05, 0) is 18.6 Å². The molecule has 1 amide bonds. The molecule has 1 aromatic rings. The molecule has 1 aromatic carbocycles. The number of carbonyl (C=O) groups is 1. The summed E-state index contributed by atoms with van der Waals surface area (Å²) in [5.74, 6) is 0.818. The topological polar surface area (TPSA) is 57.2 Å². The number of piperidine rings is 1. The average Bonchev–Trinajstić information content (AvgIpc) is 2.62. The fourth-order valence-corrected chi connectivity index (χ4v) is 3.32. The van der Waals surface area contributed by atoms with E-state index in [0.717, 1.165) is 19.6 Å². The highest BCUT2D eigenvalue weighted by molar-refractivity contribution is 5.82. The Morgan fingerprint density at radius 1 is 1.09 bits per heavy atom. The lowest BCUT2D eigenvalue weighted by Gasteiger charge is -2.44. The van der Waals surface area contributed by atoms with Crippen LogP contribution < -0.4 is 9.47 Å². The molecule has 0 saturated carbocycles. The quantitative estimate of drug-likeness (QED) is 0.787. The summed E-state index contributed by atoms with van der Waals surface area (Å²) in [6.45, 7) is 2.99. The molecule has 1 unspecified atom stereocenters. The fourth-order valence-electron chi connectivity index (χ4n) is 3.32. The monoisotopic (exact) mass is 319 g/mol. The zero-order valence-corrected chi connectivity index (χ0v) is 13.0. The van der Waals surface area contributed by atoms with Crippen LogP contribution in [0.4, 0.5) is 0 Å². The second-order valence-electron chi connectivity index (χ2n) is 6.15. The first kappa shape index (κ1) is 14.8. The normalized spacial score (nSPS) is 26.1. The maximum absolute atomic E-state index is 12.7. The van der Waals surface area contributed by atoms with E-state index in [9.17, 15) is 4.79 Å². The Kier molecular flexibility index (Phi) is 3.87. The molecule has 3 aliphatic rings. The standard InChI is InChI=1S/C17H21NO5/c19-16(15-12-20-13-4-1-2-5-14(13)23-15)18-8-6-17(7-9-18)21-10-3-11-22-17/h1-2,4-5,15H,3,6-12H2. The van der Waals surface area contributed by atoms with Gasteiger partial charge < -0.3 is 23.8 Å². The minimum Gasteiger partial charge on any atom is -0.485 e. The second-order valence-corrected chi connectivity index (χ2v) is 6.15. The van der Waals surface area contributed by atoms with Crippen LogP contribution in [0.2, 0.25) is 0 Å². The first-order valence-electron chi connectivity index (χ1n) is 8.21. The number of likely N-dealkylation sites (tertiary alicyclic amines) is 1. The number of rotatable bonds is 1. The molecular weight excluding hydrogens is 298 g/mol. The number of carbonyl (C=O) groups excluding carboxylic acids is 1. The molecule has 23 heavy (non-hydrogen) atoms. The van der Waals surface area contributed by atoms with Gasteiger partial charge >= 0.3 is 0 Å². The fraction of sp³-hybridized carbons (Fsp3) is 0.588. The number of amides is 1. The smallest absolute Gasteiger partial charge is 0.267 e. The van der Waals surface area contributed by atoms with Crippen LogP contribution in [-0.2, 0) is 14.3 Å². The Labute approximate surface area is 135 Å². The maximum atomic E-state index is 12.7. The molecule has 4 rings (SSSR count). The highest BCUT2D eigenvalue weighted by atomic mass is 16.7. The van der Waals surface area contributed by atoms with Crippen molar-refractivity contribution in [3.05, 3.63) is 24.3 Å². The number of hydrogen-bond donors (Lipinski definition) is 0. The second kappa shape index (κ2) is 6.02. The van der Waals surface area contributed by atoms with Crippen LogP contribution in [0.3, 0.4) is 0 Å². The third kappa shape index (κ3) is 2.88. The van der Waals surface area contributed by atoms with Crippen molar-refractivity contribution in [2.45, 2.75) is 31.2 Å². The van der Waals surface area contributed by atoms with Gasteiger partial charge in [-0.15, -0.1) is 0 Å². The Balaban J connectivity index is 1.37. The van der Waals surface area contributed by atoms with Gasteiger partial charge in [0.15, 0.2) is 17.3 Å². The van der Waals surface area contributed by atoms with Gasteiger partial charge in [0, 0.05) is 25.9 Å². The molecule has 1 atom stereocenters. The molecule has 0 aromatic heterocycles. The van der Waals surface area contributed by atoms with Gasteiger partial charge in [-0.25, -0.2) is 0 Å². The summed E-state index contributed by atoms with van der Waals surface area (Å²) in [5.41, 5.74) is 0. The van der Waals surface area contributed by atoms with Crippen LogP contribution >= 0.6 is 0 Å². The highest BCUT2D eigenvalue weighted by Crippen LogP contribution is 2.33. The van der Waals surface area contributed by atoms with Crippen molar-refractivity contribution in [2.75, 3.05) is 32.9 Å². The summed E-state index contributed by atoms with van der Waals surface area (Å²) in [6.07, 6.45) is 1.79. The number of fused-ring (bicyclic) bond motifs is 1. The van der Waals surface area contributed by atoms with E-state index in [1.54, 1.807) is 0 Å². The summed E-state index contributed by atoms with van der Waals surface area (Å²) < 4.78 is 23.1. The average molecular weight is 319 g/mol. The van der Waals surface area contributed by atoms with Crippen LogP contribution in [0.5, 0.6) is 11.5 Å². The Hall–Kier alpha value is -1.79. The van der Waals surface area contributed by atoms with E-state index in [1.165, 1.54) is 0 Å². The minimum atomic E-state index is -0.577. The van der Waals surface area contributed by atoms with E-state index in [1.807, 2.05) is 29.2 Å². The van der Waals surface area contributed by atoms with Crippen molar-refractivity contribution in [3.63, 3.8) is 0 Å². The highest BCUT2D eigenvalue weighted by Gasteiger charge is 2.41. The summed E-state index contributed by atoms with van der Waals surface area (Å²) >= 11 is 0. The molecule has 3 aliphatic heterocycles. The van der Waals surface area contributed by atoms with Crippen LogP contribution in [0.15, 0.2) is 24.3 Å². The van der Waals surface area contributed by atoms with Crippen LogP contribution in [0, 0.1) is 0 Å². The van der Waals surface area contributed by atoms with Gasteiger partial charge in [0.1, 0.15) is 6.61 Å². The number of benzene rings is 1. The molecule has 6 nitrogen and oxygen atoms in total. The third-order valence-electron chi connectivity index (χ3n) is 4.64. The van der Waals surface area contributed by atoms with Crippen LogP contribution in [-0.4, -0.2) is 55.6 Å². The maximum Gasteiger partial charge on any atom is 0.267 e. The van der Waals surface area contributed by atoms with Crippen molar-refractivity contribution in [3.8, 4) is 11.5 Å². The van der Waals surface area contributed by atoms with Crippen molar-refractivity contribution in [1.29, 1.82) is 0 Å². The lowest BCUT2D eigenvalue weighted by Crippen LogP contribution is -2.55. The van der Waals surface area contributed by atoms with Crippen molar-refractivity contribution in [2.24, 2.45) is 0 Å². The van der Waals surface area contributed by atoms with Gasteiger partial charge in [-0.3, -0.25) is 4.79 Å². The summed E-state index contributed by atoms with van der Waals surface area (Å²) in [7, 11) is 0. The third-order valence-corrected chi connectivity index (χ3v) is 4.64. The van der Waals surface area contributed by atoms with Gasteiger partial charge in [0.05, 0.1) is 13.2 Å². The SMILES string of the molecule is O=C(C1COc2ccccc2O1)N1CCC2(CC1)OCCCO2. The van der Waals surface area contributed by atoms with Gasteiger partial charge in [-0.2, -0.15) is 0 Å². The molecule has 2 fully saturated rings. The van der Waals surface area contributed by atoms with Crippen molar-refractivity contribution in [1.82, 2.24) is 4.90 Å². The predicted molar refractivity (Wildman–Crippen MR) is 81.4 cm³/mol. The number of nitrogens with zero attached hydrogens (tertiary/aromatic N) is 1. The summed E-state index contributed by atoms with van der Waals surface area (Å²) in [4.78, 5) is 14.5. The number of ether oxygens (including phenoxy) is 4. The molecule has 0 aliphatic carbocycles. The number of para-hydroxylation sites is 2. The van der Waals surface area contributed by atoms with E-state index < -0.39 is 11.9 Å². The molecule has 3 heterocycles. The van der Waals surface area contributed by atoms with Crippen molar-refractivity contribution >= 4 is 5.91 Å². The van der Waals surface area contributed by atoms with Gasteiger partial charge in [0.2, 0.25) is 6.10 Å². The van der Waals surface area contributed by atoms with Gasteiger partial charge in [0.25, 0.3) is 5.91 Å². The first-order chi connectivity index (χ1) is 11.3. The summed E-state index contributed by atoms with van der Waals surface area (Å²) in [5, 5.41) is 0. The van der Waals surface area contributed by atoms with E-state index in [2.05, 4.69) is 0 Å². The molecule has 124 valence electrons. The Morgan fingerprint density at radius 3 is 2.52 bits per heavy atom.